The smallest absolute Gasteiger partial charge is 0.268 e. The first-order valence-corrected chi connectivity index (χ1v) is 8.38. The summed E-state index contributed by atoms with van der Waals surface area (Å²) in [4.78, 5) is 21.4. The fraction of sp³-hybridized carbons (Fsp3) is 0.500. The predicted octanol–water partition coefficient (Wildman–Crippen LogP) is 2.96. The summed E-state index contributed by atoms with van der Waals surface area (Å²) in [5, 5.41) is 10.4. The van der Waals surface area contributed by atoms with Crippen LogP contribution in [0.3, 0.4) is 0 Å². The Bertz CT molecular complexity index is 842. The zero-order valence-electron chi connectivity index (χ0n) is 13.1. The molecule has 5 nitrogen and oxygen atoms in total. The van der Waals surface area contributed by atoms with Gasteiger partial charge in [-0.1, -0.05) is 19.3 Å². The Hall–Kier alpha value is -2.35. The number of hydrogen-bond donors (Lipinski definition) is 1. The molecule has 0 unspecified atom stereocenters. The molecule has 1 saturated carbocycles. The minimum atomic E-state index is -0.312. The summed E-state index contributed by atoms with van der Waals surface area (Å²) in [7, 11) is 0. The lowest BCUT2D eigenvalue weighted by molar-refractivity contribution is 0.219. The fourth-order valence-corrected chi connectivity index (χ4v) is 4.40. The second kappa shape index (κ2) is 5.38. The third-order valence-electron chi connectivity index (χ3n) is 5.57. The Morgan fingerprint density at radius 2 is 2.09 bits per heavy atom. The summed E-state index contributed by atoms with van der Waals surface area (Å²) < 4.78 is 0. The van der Waals surface area contributed by atoms with E-state index in [1.807, 2.05) is 6.07 Å². The van der Waals surface area contributed by atoms with E-state index in [2.05, 4.69) is 20.9 Å². The molecule has 5 heteroatoms. The zero-order chi connectivity index (χ0) is 15.9. The van der Waals surface area contributed by atoms with Crippen molar-refractivity contribution in [3.63, 3.8) is 0 Å². The van der Waals surface area contributed by atoms with Crippen LogP contribution >= 0.6 is 0 Å². The second-order valence-corrected chi connectivity index (χ2v) is 6.94. The lowest BCUT2D eigenvalue weighted by atomic mass is 9.73. The van der Waals surface area contributed by atoms with Crippen LogP contribution in [0.4, 0.5) is 5.69 Å². The predicted molar refractivity (Wildman–Crippen MR) is 89.4 cm³/mol. The second-order valence-electron chi connectivity index (χ2n) is 6.94. The topological polar surface area (TPSA) is 72.8 Å². The van der Waals surface area contributed by atoms with E-state index in [0.29, 0.717) is 10.9 Å². The normalized spacial score (nSPS) is 20.0. The highest BCUT2D eigenvalue weighted by atomic mass is 16.1. The standard InChI is InChI=1S/C18H20N4O/c19-10-14-16(13-4-8-20-11-15(13)21-17(14)23)22-9-7-18(12-22)5-2-1-3-6-18/h4,8,11H,1-3,5-7,9,12H2,(H,21,23). The quantitative estimate of drug-likeness (QED) is 0.879. The number of nitrogens with one attached hydrogen (secondary N) is 1. The summed E-state index contributed by atoms with van der Waals surface area (Å²) in [6.07, 6.45) is 11.0. The Morgan fingerprint density at radius 1 is 1.26 bits per heavy atom. The summed E-state index contributed by atoms with van der Waals surface area (Å²) in [5.41, 5.74) is 1.81. The molecule has 2 aliphatic rings. The molecule has 2 fully saturated rings. The maximum Gasteiger partial charge on any atom is 0.268 e. The highest BCUT2D eigenvalue weighted by Crippen LogP contribution is 2.45. The first-order chi connectivity index (χ1) is 11.2. The van der Waals surface area contributed by atoms with E-state index in [1.54, 1.807) is 12.4 Å². The number of anilines is 1. The first kappa shape index (κ1) is 14.3. The van der Waals surface area contributed by atoms with Crippen molar-refractivity contribution in [3.05, 3.63) is 34.4 Å². The lowest BCUT2D eigenvalue weighted by Crippen LogP contribution is -2.30. The molecule has 1 saturated heterocycles. The molecule has 3 heterocycles. The minimum absolute atomic E-state index is 0.233. The van der Waals surface area contributed by atoms with Gasteiger partial charge in [0.1, 0.15) is 11.6 Å². The van der Waals surface area contributed by atoms with Crippen molar-refractivity contribution in [3.8, 4) is 6.07 Å². The molecule has 0 radical (unpaired) electrons. The summed E-state index contributed by atoms with van der Waals surface area (Å²) in [5.74, 6) is 0. The number of aromatic nitrogens is 2. The number of pyridine rings is 2. The van der Waals surface area contributed by atoms with Gasteiger partial charge in [-0.3, -0.25) is 9.78 Å². The zero-order valence-corrected chi connectivity index (χ0v) is 13.1. The molecule has 2 aromatic rings. The van der Waals surface area contributed by atoms with E-state index in [4.69, 9.17) is 0 Å². The van der Waals surface area contributed by atoms with Crippen LogP contribution in [0.2, 0.25) is 0 Å². The highest BCUT2D eigenvalue weighted by Gasteiger charge is 2.40. The third kappa shape index (κ3) is 2.29. The molecule has 118 valence electrons. The van der Waals surface area contributed by atoms with E-state index in [9.17, 15) is 10.1 Å². The maximum atomic E-state index is 12.3. The maximum absolute atomic E-state index is 12.3. The van der Waals surface area contributed by atoms with Crippen molar-refractivity contribution in [2.75, 3.05) is 18.0 Å². The van der Waals surface area contributed by atoms with E-state index >= 15 is 0 Å². The van der Waals surface area contributed by atoms with E-state index in [1.165, 1.54) is 32.1 Å². The van der Waals surface area contributed by atoms with E-state index in [0.717, 1.165) is 30.6 Å². The van der Waals surface area contributed by atoms with Gasteiger partial charge >= 0.3 is 0 Å². The molecule has 1 N–H and O–H groups in total. The molecule has 4 rings (SSSR count). The summed E-state index contributed by atoms with van der Waals surface area (Å²) in [6.45, 7) is 1.89. The van der Waals surface area contributed by atoms with Gasteiger partial charge in [0.05, 0.1) is 17.4 Å². The van der Waals surface area contributed by atoms with Crippen LogP contribution in [0, 0.1) is 16.7 Å². The Kier molecular flexibility index (Phi) is 3.33. The van der Waals surface area contributed by atoms with Gasteiger partial charge in [-0.15, -0.1) is 0 Å². The lowest BCUT2D eigenvalue weighted by Gasteiger charge is -2.33. The average molecular weight is 308 g/mol. The number of nitriles is 1. The Morgan fingerprint density at radius 3 is 2.87 bits per heavy atom. The number of aromatic amines is 1. The van der Waals surface area contributed by atoms with Crippen LogP contribution in [-0.4, -0.2) is 23.1 Å². The molecule has 1 aliphatic carbocycles. The molecule has 1 aliphatic heterocycles. The Balaban J connectivity index is 1.83. The van der Waals surface area contributed by atoms with E-state index in [-0.39, 0.29) is 11.1 Å². The number of nitrogens with zero attached hydrogens (tertiary/aromatic N) is 3. The van der Waals surface area contributed by atoms with Crippen LogP contribution in [-0.2, 0) is 0 Å². The molecule has 1 spiro atoms. The minimum Gasteiger partial charge on any atom is -0.369 e. The number of rotatable bonds is 1. The van der Waals surface area contributed by atoms with Crippen molar-refractivity contribution in [2.45, 2.75) is 38.5 Å². The van der Waals surface area contributed by atoms with Gasteiger partial charge in [0.15, 0.2) is 0 Å². The van der Waals surface area contributed by atoms with Gasteiger partial charge in [-0.2, -0.15) is 5.26 Å². The number of hydrogen-bond acceptors (Lipinski definition) is 4. The first-order valence-electron chi connectivity index (χ1n) is 8.38. The van der Waals surface area contributed by atoms with Gasteiger partial charge in [0, 0.05) is 24.7 Å². The van der Waals surface area contributed by atoms with Crippen LogP contribution < -0.4 is 10.5 Å². The largest absolute Gasteiger partial charge is 0.369 e. The molecule has 0 amide bonds. The van der Waals surface area contributed by atoms with Gasteiger partial charge in [0.2, 0.25) is 0 Å². The van der Waals surface area contributed by atoms with Crippen LogP contribution in [0.1, 0.15) is 44.1 Å². The van der Waals surface area contributed by atoms with Crippen molar-refractivity contribution in [1.29, 1.82) is 5.26 Å². The molecular formula is C18H20N4O. The van der Waals surface area contributed by atoms with Gasteiger partial charge in [-0.25, -0.2) is 0 Å². The number of H-pyrrole nitrogens is 1. The van der Waals surface area contributed by atoms with Crippen molar-refractivity contribution >= 4 is 16.6 Å². The van der Waals surface area contributed by atoms with Crippen LogP contribution in [0.25, 0.3) is 10.9 Å². The SMILES string of the molecule is N#Cc1c(N2CCC3(CCCCC3)C2)c2ccncc2[nH]c1=O. The summed E-state index contributed by atoms with van der Waals surface area (Å²) in [6, 6.07) is 4.01. The third-order valence-corrected chi connectivity index (χ3v) is 5.57. The van der Waals surface area contributed by atoms with Crippen molar-refractivity contribution < 1.29 is 0 Å². The van der Waals surface area contributed by atoms with Crippen molar-refractivity contribution in [1.82, 2.24) is 9.97 Å². The van der Waals surface area contributed by atoms with Gasteiger partial charge < -0.3 is 9.88 Å². The highest BCUT2D eigenvalue weighted by molar-refractivity contribution is 5.94. The molecular weight excluding hydrogens is 288 g/mol. The molecule has 0 bridgehead atoms. The van der Waals surface area contributed by atoms with Crippen molar-refractivity contribution in [2.24, 2.45) is 5.41 Å². The fourth-order valence-electron chi connectivity index (χ4n) is 4.40. The molecule has 0 atom stereocenters. The average Bonchev–Trinajstić information content (AvgIpc) is 2.97. The number of fused-ring (bicyclic) bond motifs is 1. The van der Waals surface area contributed by atoms with Gasteiger partial charge in [0.25, 0.3) is 5.56 Å². The Labute approximate surface area is 135 Å². The molecule has 0 aromatic carbocycles. The van der Waals surface area contributed by atoms with E-state index < -0.39 is 0 Å². The van der Waals surface area contributed by atoms with Crippen LogP contribution in [0.5, 0.6) is 0 Å². The summed E-state index contributed by atoms with van der Waals surface area (Å²) >= 11 is 0. The van der Waals surface area contributed by atoms with Crippen LogP contribution in [0.15, 0.2) is 23.3 Å². The monoisotopic (exact) mass is 308 g/mol. The van der Waals surface area contributed by atoms with Gasteiger partial charge in [-0.05, 0) is 30.7 Å². The molecule has 2 aromatic heterocycles. The molecule has 23 heavy (non-hydrogen) atoms.